The normalized spacial score (nSPS) is 22.9. The number of piperidine rings is 1. The number of rotatable bonds is 5. The Labute approximate surface area is 179 Å². The highest BCUT2D eigenvalue weighted by molar-refractivity contribution is 5.98. The molecule has 1 amide bonds. The molecule has 3 aromatic rings. The number of hydrogen-bond donors (Lipinski definition) is 1. The molecule has 5 rings (SSSR count). The van der Waals surface area contributed by atoms with Gasteiger partial charge in [-0.1, -0.05) is 12.1 Å². The lowest BCUT2D eigenvalue weighted by atomic mass is 9.85. The first-order chi connectivity index (χ1) is 15.0. The second-order valence-electron chi connectivity index (χ2n) is 8.62. The molecule has 1 aromatic heterocycles. The van der Waals surface area contributed by atoms with Gasteiger partial charge in [0.25, 0.3) is 5.91 Å². The Morgan fingerprint density at radius 2 is 1.84 bits per heavy atom. The maximum absolute atomic E-state index is 13.4. The third-order valence-electron chi connectivity index (χ3n) is 6.85. The number of ether oxygens (including phenoxy) is 1. The number of nitrogens with zero attached hydrogens (tertiary/aromatic N) is 2. The molecule has 31 heavy (non-hydrogen) atoms. The average molecular weight is 423 g/mol. The number of amides is 1. The molecule has 2 aliphatic rings. The summed E-state index contributed by atoms with van der Waals surface area (Å²) < 4.78 is 20.0. The van der Waals surface area contributed by atoms with Crippen molar-refractivity contribution >= 4 is 16.9 Å². The Bertz CT molecular complexity index is 1150. The predicted octanol–water partition coefficient (Wildman–Crippen LogP) is 3.67. The number of methoxy groups -OCH3 is 1. The largest absolute Gasteiger partial charge is 0.383 e. The Balaban J connectivity index is 1.37. The maximum Gasteiger partial charge on any atom is 0.326 e. The van der Waals surface area contributed by atoms with Crippen LogP contribution in [0.25, 0.3) is 11.0 Å². The lowest BCUT2D eigenvalue weighted by molar-refractivity contribution is 0.0571. The monoisotopic (exact) mass is 423 g/mol. The molecule has 3 atom stereocenters. The summed E-state index contributed by atoms with van der Waals surface area (Å²) in [6.45, 7) is 0.906. The summed E-state index contributed by atoms with van der Waals surface area (Å²) in [5.74, 6) is 0.164. The van der Waals surface area contributed by atoms with E-state index in [1.807, 2.05) is 29.2 Å². The summed E-state index contributed by atoms with van der Waals surface area (Å²) in [5, 5.41) is 0. The minimum absolute atomic E-state index is 0.0254. The van der Waals surface area contributed by atoms with E-state index in [-0.39, 0.29) is 29.5 Å². The van der Waals surface area contributed by atoms with E-state index in [0.717, 1.165) is 36.8 Å². The zero-order chi connectivity index (χ0) is 21.5. The van der Waals surface area contributed by atoms with Crippen molar-refractivity contribution in [2.45, 2.75) is 50.2 Å². The van der Waals surface area contributed by atoms with Crippen LogP contribution in [0.2, 0.25) is 0 Å². The summed E-state index contributed by atoms with van der Waals surface area (Å²) in [6, 6.07) is 12.6. The number of carbonyl (C=O) groups is 1. The molecule has 1 N–H and O–H groups in total. The van der Waals surface area contributed by atoms with Gasteiger partial charge in [0.2, 0.25) is 0 Å². The Hall–Kier alpha value is -2.93. The predicted molar refractivity (Wildman–Crippen MR) is 116 cm³/mol. The third-order valence-corrected chi connectivity index (χ3v) is 6.85. The fourth-order valence-electron chi connectivity index (χ4n) is 5.37. The molecule has 2 aromatic carbocycles. The molecule has 162 valence electrons. The Morgan fingerprint density at radius 3 is 2.52 bits per heavy atom. The second kappa shape index (κ2) is 7.96. The van der Waals surface area contributed by atoms with Crippen LogP contribution >= 0.6 is 0 Å². The first-order valence-corrected chi connectivity index (χ1v) is 10.8. The molecule has 6 nitrogen and oxygen atoms in total. The first-order valence-electron chi connectivity index (χ1n) is 10.8. The average Bonchev–Trinajstić information content (AvgIpc) is 3.23. The van der Waals surface area contributed by atoms with E-state index < -0.39 is 0 Å². The minimum Gasteiger partial charge on any atom is -0.383 e. The summed E-state index contributed by atoms with van der Waals surface area (Å²) in [4.78, 5) is 30.6. The van der Waals surface area contributed by atoms with Gasteiger partial charge >= 0.3 is 5.69 Å². The molecule has 0 saturated carbocycles. The van der Waals surface area contributed by atoms with Gasteiger partial charge in [-0.3, -0.25) is 9.36 Å². The molecule has 3 heterocycles. The van der Waals surface area contributed by atoms with Crippen molar-refractivity contribution in [3.05, 3.63) is 69.9 Å². The fourth-order valence-corrected chi connectivity index (χ4v) is 5.37. The minimum atomic E-state index is -0.219. The molecule has 2 fully saturated rings. The number of hydrogen-bond acceptors (Lipinski definition) is 3. The number of nitrogens with one attached hydrogen (secondary N) is 1. The number of fused-ring (bicyclic) bond motifs is 3. The zero-order valence-corrected chi connectivity index (χ0v) is 17.5. The van der Waals surface area contributed by atoms with Crippen molar-refractivity contribution in [3.63, 3.8) is 0 Å². The first kappa shape index (κ1) is 20.0. The van der Waals surface area contributed by atoms with Crippen molar-refractivity contribution in [1.29, 1.82) is 0 Å². The fraction of sp³-hybridized carbons (Fsp3) is 0.417. The van der Waals surface area contributed by atoms with Crippen molar-refractivity contribution in [2.75, 3.05) is 13.7 Å². The summed E-state index contributed by atoms with van der Waals surface area (Å²) >= 11 is 0. The highest BCUT2D eigenvalue weighted by Crippen LogP contribution is 2.43. The van der Waals surface area contributed by atoms with Gasteiger partial charge in [-0.05, 0) is 67.5 Å². The molecule has 0 aliphatic carbocycles. The van der Waals surface area contributed by atoms with Gasteiger partial charge in [-0.15, -0.1) is 0 Å². The Kier molecular flexibility index (Phi) is 5.14. The van der Waals surface area contributed by atoms with Crippen LogP contribution in [0.3, 0.4) is 0 Å². The van der Waals surface area contributed by atoms with Gasteiger partial charge in [0.1, 0.15) is 5.82 Å². The summed E-state index contributed by atoms with van der Waals surface area (Å²) in [7, 11) is 1.60. The summed E-state index contributed by atoms with van der Waals surface area (Å²) in [5.41, 5.74) is 3.00. The van der Waals surface area contributed by atoms with Crippen LogP contribution in [0.5, 0.6) is 0 Å². The lowest BCUT2D eigenvalue weighted by Crippen LogP contribution is -2.46. The molecular formula is C24H26FN3O3. The smallest absolute Gasteiger partial charge is 0.326 e. The number of imidazole rings is 1. The van der Waals surface area contributed by atoms with Crippen LogP contribution in [-0.2, 0) is 11.3 Å². The van der Waals surface area contributed by atoms with Crippen molar-refractivity contribution in [3.8, 4) is 0 Å². The molecule has 2 bridgehead atoms. The molecule has 0 unspecified atom stereocenters. The van der Waals surface area contributed by atoms with E-state index in [1.54, 1.807) is 17.7 Å². The standard InChI is InChI=1S/C24H26FN3O3/c1-31-11-10-27-22-9-4-16(14-21(22)26-24(27)30)23(29)28-19-7-8-20(28)13-17(12-19)15-2-5-18(25)6-3-15/h2-6,9,14,17,19-20H,7-8,10-13H2,1H3,(H,26,30)/t17-,19+,20-. The Morgan fingerprint density at radius 1 is 1.13 bits per heavy atom. The molecular weight excluding hydrogens is 397 g/mol. The van der Waals surface area contributed by atoms with E-state index in [1.165, 1.54) is 12.1 Å². The van der Waals surface area contributed by atoms with Crippen LogP contribution in [0.4, 0.5) is 4.39 Å². The number of H-pyrrole nitrogens is 1. The highest BCUT2D eigenvalue weighted by Gasteiger charge is 2.43. The molecule has 2 aliphatic heterocycles. The molecule has 2 saturated heterocycles. The van der Waals surface area contributed by atoms with Crippen LogP contribution in [-0.4, -0.2) is 46.2 Å². The van der Waals surface area contributed by atoms with E-state index in [4.69, 9.17) is 4.74 Å². The van der Waals surface area contributed by atoms with Crippen molar-refractivity contribution in [2.24, 2.45) is 0 Å². The number of halogens is 1. The maximum atomic E-state index is 13.4. The molecule has 0 radical (unpaired) electrons. The SMILES string of the molecule is COCCn1c(=O)[nH]c2cc(C(=O)N3[C@@H]4CC[C@H]3C[C@@H](c3ccc(F)cc3)C4)ccc21. The van der Waals surface area contributed by atoms with Crippen molar-refractivity contribution < 1.29 is 13.9 Å². The molecule has 7 heteroatoms. The van der Waals surface area contributed by atoms with E-state index in [2.05, 4.69) is 4.98 Å². The van der Waals surface area contributed by atoms with Crippen LogP contribution in [0, 0.1) is 5.82 Å². The topological polar surface area (TPSA) is 67.3 Å². The van der Waals surface area contributed by atoms with Gasteiger partial charge < -0.3 is 14.6 Å². The third kappa shape index (κ3) is 3.57. The van der Waals surface area contributed by atoms with Gasteiger partial charge in [0.05, 0.1) is 24.2 Å². The van der Waals surface area contributed by atoms with Crippen LogP contribution < -0.4 is 5.69 Å². The number of aromatic amines is 1. The molecule has 0 spiro atoms. The van der Waals surface area contributed by atoms with Crippen LogP contribution in [0.1, 0.15) is 47.5 Å². The van der Waals surface area contributed by atoms with Crippen molar-refractivity contribution in [1.82, 2.24) is 14.5 Å². The van der Waals surface area contributed by atoms with Gasteiger partial charge in [-0.2, -0.15) is 0 Å². The quantitative estimate of drug-likeness (QED) is 0.681. The zero-order valence-electron chi connectivity index (χ0n) is 17.5. The van der Waals surface area contributed by atoms with E-state index in [0.29, 0.717) is 30.1 Å². The second-order valence-corrected chi connectivity index (χ2v) is 8.62. The van der Waals surface area contributed by atoms with Crippen LogP contribution in [0.15, 0.2) is 47.3 Å². The number of aromatic nitrogens is 2. The van der Waals surface area contributed by atoms with E-state index >= 15 is 0 Å². The van der Waals surface area contributed by atoms with E-state index in [9.17, 15) is 14.0 Å². The number of benzene rings is 2. The number of carbonyl (C=O) groups excluding carboxylic acids is 1. The highest BCUT2D eigenvalue weighted by atomic mass is 19.1. The van der Waals surface area contributed by atoms with Gasteiger partial charge in [0, 0.05) is 24.8 Å². The summed E-state index contributed by atoms with van der Waals surface area (Å²) in [6.07, 6.45) is 3.81. The van der Waals surface area contributed by atoms with Gasteiger partial charge in [-0.25, -0.2) is 9.18 Å². The lowest BCUT2D eigenvalue weighted by Gasteiger charge is -2.39. The van der Waals surface area contributed by atoms with Gasteiger partial charge in [0.15, 0.2) is 0 Å².